The lowest BCUT2D eigenvalue weighted by molar-refractivity contribution is 0.200. The van der Waals surface area contributed by atoms with Crippen LogP contribution >= 0.6 is 0 Å². The van der Waals surface area contributed by atoms with E-state index in [2.05, 4.69) is 4.98 Å². The zero-order valence-corrected chi connectivity index (χ0v) is 6.56. The van der Waals surface area contributed by atoms with Crippen LogP contribution in [0.25, 0.3) is 10.9 Å². The maximum absolute atomic E-state index is 9.21. The van der Waals surface area contributed by atoms with Crippen LogP contribution in [0, 0.1) is 0 Å². The Bertz CT molecular complexity index is 408. The van der Waals surface area contributed by atoms with Gasteiger partial charge in [-0.1, -0.05) is 0 Å². The summed E-state index contributed by atoms with van der Waals surface area (Å²) in [6, 6.07) is 3.56. The molecule has 0 spiro atoms. The van der Waals surface area contributed by atoms with Crippen molar-refractivity contribution in [2.45, 2.75) is 0 Å². The second-order valence-corrected chi connectivity index (χ2v) is 2.45. The third-order valence-electron chi connectivity index (χ3n) is 1.74. The van der Waals surface area contributed by atoms with E-state index >= 15 is 0 Å². The number of hydrogen-bond acceptors (Lipinski definition) is 3. The van der Waals surface area contributed by atoms with Crippen molar-refractivity contribution in [3.63, 3.8) is 0 Å². The molecule has 12 heavy (non-hydrogen) atoms. The zero-order valence-electron chi connectivity index (χ0n) is 6.56. The summed E-state index contributed by atoms with van der Waals surface area (Å²) >= 11 is 0. The SMILES string of the molecule is COc1cc2ccn(O)c2cn1. The van der Waals surface area contributed by atoms with Crippen LogP contribution in [0.2, 0.25) is 0 Å². The molecule has 0 bridgehead atoms. The van der Waals surface area contributed by atoms with Gasteiger partial charge >= 0.3 is 0 Å². The first kappa shape index (κ1) is 6.97. The highest BCUT2D eigenvalue weighted by Crippen LogP contribution is 2.17. The van der Waals surface area contributed by atoms with E-state index in [1.54, 1.807) is 31.6 Å². The fourth-order valence-electron chi connectivity index (χ4n) is 1.11. The van der Waals surface area contributed by atoms with Crippen molar-refractivity contribution < 1.29 is 9.94 Å². The summed E-state index contributed by atoms with van der Waals surface area (Å²) in [5.74, 6) is 0.550. The third kappa shape index (κ3) is 0.887. The van der Waals surface area contributed by atoms with Crippen molar-refractivity contribution in [1.29, 1.82) is 0 Å². The highest BCUT2D eigenvalue weighted by atomic mass is 16.5. The Morgan fingerprint density at radius 3 is 3.17 bits per heavy atom. The van der Waals surface area contributed by atoms with E-state index in [-0.39, 0.29) is 0 Å². The maximum Gasteiger partial charge on any atom is 0.213 e. The molecule has 2 aromatic rings. The number of pyridine rings is 1. The molecule has 0 saturated heterocycles. The number of rotatable bonds is 1. The molecule has 0 aromatic carbocycles. The Morgan fingerprint density at radius 1 is 1.58 bits per heavy atom. The number of fused-ring (bicyclic) bond motifs is 1. The van der Waals surface area contributed by atoms with Gasteiger partial charge in [0.25, 0.3) is 0 Å². The standard InChI is InChI=1S/C8H8N2O2/c1-12-8-4-6-2-3-10(11)7(6)5-9-8/h2-5,11H,1H3. The van der Waals surface area contributed by atoms with Gasteiger partial charge in [0, 0.05) is 17.6 Å². The van der Waals surface area contributed by atoms with Gasteiger partial charge in [0.15, 0.2) is 0 Å². The van der Waals surface area contributed by atoms with Crippen LogP contribution in [0.1, 0.15) is 0 Å². The number of aromatic nitrogens is 2. The lowest BCUT2D eigenvalue weighted by Gasteiger charge is -1.97. The third-order valence-corrected chi connectivity index (χ3v) is 1.74. The van der Waals surface area contributed by atoms with E-state index in [0.29, 0.717) is 11.4 Å². The average Bonchev–Trinajstić information content (AvgIpc) is 2.47. The van der Waals surface area contributed by atoms with Crippen LogP contribution in [0.15, 0.2) is 24.5 Å². The van der Waals surface area contributed by atoms with E-state index in [1.807, 2.05) is 0 Å². The van der Waals surface area contributed by atoms with Crippen LogP contribution in [-0.4, -0.2) is 22.0 Å². The molecule has 2 rings (SSSR count). The molecule has 0 atom stereocenters. The van der Waals surface area contributed by atoms with E-state index in [0.717, 1.165) is 10.1 Å². The molecule has 0 radical (unpaired) electrons. The highest BCUT2D eigenvalue weighted by Gasteiger charge is 2.00. The minimum Gasteiger partial charge on any atom is -0.481 e. The molecule has 4 nitrogen and oxygen atoms in total. The quantitative estimate of drug-likeness (QED) is 0.646. The van der Waals surface area contributed by atoms with Crippen LogP contribution in [0.3, 0.4) is 0 Å². The summed E-state index contributed by atoms with van der Waals surface area (Å²) in [5, 5.41) is 10.1. The van der Waals surface area contributed by atoms with Crippen molar-refractivity contribution in [3.8, 4) is 5.88 Å². The van der Waals surface area contributed by atoms with Gasteiger partial charge in [0.05, 0.1) is 13.3 Å². The molecule has 0 aliphatic heterocycles. The molecule has 0 aliphatic carbocycles. The van der Waals surface area contributed by atoms with Crippen molar-refractivity contribution in [3.05, 3.63) is 24.5 Å². The van der Waals surface area contributed by atoms with Crippen LogP contribution < -0.4 is 4.74 Å². The second-order valence-electron chi connectivity index (χ2n) is 2.45. The summed E-state index contributed by atoms with van der Waals surface area (Å²) in [5.41, 5.74) is 0.677. The van der Waals surface area contributed by atoms with Crippen molar-refractivity contribution >= 4 is 10.9 Å². The first-order valence-corrected chi connectivity index (χ1v) is 3.51. The largest absolute Gasteiger partial charge is 0.481 e. The lowest BCUT2D eigenvalue weighted by atomic mass is 10.3. The van der Waals surface area contributed by atoms with Gasteiger partial charge in [0.1, 0.15) is 5.52 Å². The molecule has 2 heterocycles. The molecule has 0 aliphatic rings. The van der Waals surface area contributed by atoms with Crippen LogP contribution in [0.4, 0.5) is 0 Å². The average molecular weight is 164 g/mol. The first-order valence-electron chi connectivity index (χ1n) is 3.51. The van der Waals surface area contributed by atoms with Gasteiger partial charge in [-0.2, -0.15) is 4.73 Å². The van der Waals surface area contributed by atoms with Gasteiger partial charge in [-0.05, 0) is 6.07 Å². The minimum atomic E-state index is 0.550. The normalized spacial score (nSPS) is 10.4. The van der Waals surface area contributed by atoms with Crippen molar-refractivity contribution in [2.24, 2.45) is 0 Å². The van der Waals surface area contributed by atoms with Gasteiger partial charge in [-0.3, -0.25) is 0 Å². The number of ether oxygens (including phenoxy) is 1. The Kier molecular flexibility index (Phi) is 1.40. The zero-order chi connectivity index (χ0) is 8.55. The van der Waals surface area contributed by atoms with E-state index < -0.39 is 0 Å². The molecule has 0 unspecified atom stereocenters. The van der Waals surface area contributed by atoms with Crippen LogP contribution in [0.5, 0.6) is 5.88 Å². The van der Waals surface area contributed by atoms with Crippen LogP contribution in [-0.2, 0) is 0 Å². The highest BCUT2D eigenvalue weighted by molar-refractivity contribution is 5.79. The fraction of sp³-hybridized carbons (Fsp3) is 0.125. The van der Waals surface area contributed by atoms with E-state index in [4.69, 9.17) is 4.74 Å². The first-order chi connectivity index (χ1) is 5.81. The Labute approximate surface area is 69.0 Å². The molecule has 62 valence electrons. The molecular weight excluding hydrogens is 156 g/mol. The van der Waals surface area contributed by atoms with Gasteiger partial charge in [0.2, 0.25) is 5.88 Å². The molecular formula is C8H8N2O2. The maximum atomic E-state index is 9.21. The van der Waals surface area contributed by atoms with Gasteiger partial charge < -0.3 is 9.94 Å². The molecule has 0 saturated carbocycles. The van der Waals surface area contributed by atoms with E-state index in [1.165, 1.54) is 0 Å². The summed E-state index contributed by atoms with van der Waals surface area (Å²) in [6.07, 6.45) is 3.12. The van der Waals surface area contributed by atoms with Crippen molar-refractivity contribution in [1.82, 2.24) is 9.71 Å². The monoisotopic (exact) mass is 164 g/mol. The number of methoxy groups -OCH3 is 1. The molecule has 4 heteroatoms. The summed E-state index contributed by atoms with van der Waals surface area (Å²) in [6.45, 7) is 0. The predicted octanol–water partition coefficient (Wildman–Crippen LogP) is 1.28. The van der Waals surface area contributed by atoms with E-state index in [9.17, 15) is 5.21 Å². The topological polar surface area (TPSA) is 47.3 Å². The predicted molar refractivity (Wildman–Crippen MR) is 43.5 cm³/mol. The Morgan fingerprint density at radius 2 is 2.42 bits per heavy atom. The smallest absolute Gasteiger partial charge is 0.213 e. The number of nitrogens with zero attached hydrogens (tertiary/aromatic N) is 2. The molecule has 0 fully saturated rings. The van der Waals surface area contributed by atoms with Crippen molar-refractivity contribution in [2.75, 3.05) is 7.11 Å². The molecule has 0 amide bonds. The van der Waals surface area contributed by atoms with Gasteiger partial charge in [-0.25, -0.2) is 4.98 Å². The Hall–Kier alpha value is -1.71. The fourth-order valence-corrected chi connectivity index (χ4v) is 1.11. The number of hydrogen-bond donors (Lipinski definition) is 1. The second kappa shape index (κ2) is 2.41. The van der Waals surface area contributed by atoms with Gasteiger partial charge in [-0.15, -0.1) is 0 Å². The summed E-state index contributed by atoms with van der Waals surface area (Å²) in [7, 11) is 1.56. The molecule has 1 N–H and O–H groups in total. The lowest BCUT2D eigenvalue weighted by Crippen LogP contribution is -1.89. The molecule has 2 aromatic heterocycles. The minimum absolute atomic E-state index is 0.550. The Balaban J connectivity index is 2.69. The summed E-state index contributed by atoms with van der Waals surface area (Å²) < 4.78 is 5.96. The summed E-state index contributed by atoms with van der Waals surface area (Å²) in [4.78, 5) is 3.96.